The number of hydrogen-bond donors (Lipinski definition) is 2. The molecule has 3 aromatic carbocycles. The molecule has 2 N–H and O–H groups in total. The van der Waals surface area contributed by atoms with E-state index in [1.54, 1.807) is 37.4 Å². The molecule has 0 heterocycles. The Bertz CT molecular complexity index is 1230. The van der Waals surface area contributed by atoms with Crippen LogP contribution in [0.3, 0.4) is 0 Å². The van der Waals surface area contributed by atoms with E-state index in [9.17, 15) is 17.6 Å². The molecule has 0 fully saturated rings. The van der Waals surface area contributed by atoms with E-state index < -0.39 is 25.9 Å². The van der Waals surface area contributed by atoms with Crippen molar-refractivity contribution in [1.29, 1.82) is 5.41 Å². The van der Waals surface area contributed by atoms with Crippen LogP contribution in [0, 0.1) is 11.2 Å². The molecule has 0 aliphatic heterocycles. The molecule has 0 aromatic heterocycles. The summed E-state index contributed by atoms with van der Waals surface area (Å²) in [5.41, 5.74) is 1.60. The van der Waals surface area contributed by atoms with Crippen LogP contribution in [-0.4, -0.2) is 37.9 Å². The van der Waals surface area contributed by atoms with E-state index in [2.05, 4.69) is 5.32 Å². The molecule has 1 amide bonds. The first-order valence-corrected chi connectivity index (χ1v) is 11.9. The summed E-state index contributed by atoms with van der Waals surface area (Å²) in [5, 5.41) is 9.62. The second-order valence-electron chi connectivity index (χ2n) is 7.71. The fraction of sp³-hybridized carbons (Fsp3) is 0.200. The molecule has 33 heavy (non-hydrogen) atoms. The summed E-state index contributed by atoms with van der Waals surface area (Å²) in [6.45, 7) is 1.73. The van der Waals surface area contributed by atoms with Crippen LogP contribution in [0.15, 0.2) is 78.9 Å². The van der Waals surface area contributed by atoms with Gasteiger partial charge in [-0.15, -0.1) is 0 Å². The van der Waals surface area contributed by atoms with E-state index in [0.717, 1.165) is 17.7 Å². The average Bonchev–Trinajstić information content (AvgIpc) is 2.82. The van der Waals surface area contributed by atoms with Crippen molar-refractivity contribution in [1.82, 2.24) is 4.90 Å². The number of amides is 1. The van der Waals surface area contributed by atoms with Gasteiger partial charge in [-0.05, 0) is 36.2 Å². The third-order valence-corrected chi connectivity index (χ3v) is 7.36. The molecule has 0 saturated heterocycles. The maximum Gasteiger partial charge on any atom is 0.241 e. The van der Waals surface area contributed by atoms with E-state index in [-0.39, 0.29) is 23.7 Å². The van der Waals surface area contributed by atoms with E-state index in [0.29, 0.717) is 12.1 Å². The average molecular weight is 468 g/mol. The molecule has 0 spiro atoms. The van der Waals surface area contributed by atoms with Crippen molar-refractivity contribution in [2.45, 2.75) is 18.7 Å². The Balaban J connectivity index is 1.77. The molecule has 1 atom stereocenters. The number of benzene rings is 3. The van der Waals surface area contributed by atoms with E-state index in [4.69, 9.17) is 5.41 Å². The molecular formula is C25H26FN3O3S. The van der Waals surface area contributed by atoms with Gasteiger partial charge in [0.05, 0.1) is 11.8 Å². The van der Waals surface area contributed by atoms with Gasteiger partial charge in [0, 0.05) is 24.8 Å². The summed E-state index contributed by atoms with van der Waals surface area (Å²) in [5.74, 6) is -0.867. The molecule has 0 radical (unpaired) electrons. The zero-order valence-corrected chi connectivity index (χ0v) is 19.3. The lowest BCUT2D eigenvalue weighted by Crippen LogP contribution is -2.32. The van der Waals surface area contributed by atoms with Gasteiger partial charge in [-0.25, -0.2) is 12.8 Å². The molecule has 0 saturated carbocycles. The summed E-state index contributed by atoms with van der Waals surface area (Å²) in [7, 11) is -2.40. The largest absolute Gasteiger partial charge is 0.376 e. The quantitative estimate of drug-likeness (QED) is 0.380. The maximum absolute atomic E-state index is 13.9. The van der Waals surface area contributed by atoms with Crippen molar-refractivity contribution in [2.24, 2.45) is 0 Å². The van der Waals surface area contributed by atoms with Gasteiger partial charge in [0.2, 0.25) is 15.7 Å². The topological polar surface area (TPSA) is 90.3 Å². The third-order valence-electron chi connectivity index (χ3n) is 5.36. The number of nitrogens with one attached hydrogen (secondary N) is 2. The van der Waals surface area contributed by atoms with Crippen LogP contribution in [0.2, 0.25) is 0 Å². The van der Waals surface area contributed by atoms with Crippen LogP contribution >= 0.6 is 0 Å². The van der Waals surface area contributed by atoms with E-state index in [1.165, 1.54) is 17.9 Å². The lowest BCUT2D eigenvalue weighted by molar-refractivity contribution is -0.128. The number of anilines is 1. The van der Waals surface area contributed by atoms with Crippen LogP contribution in [0.5, 0.6) is 0 Å². The highest BCUT2D eigenvalue weighted by Crippen LogP contribution is 2.28. The zero-order chi connectivity index (χ0) is 24.0. The molecule has 172 valence electrons. The number of sulfone groups is 1. The zero-order valence-electron chi connectivity index (χ0n) is 18.5. The predicted octanol–water partition coefficient (Wildman–Crippen LogP) is 4.40. The molecular weight excluding hydrogens is 441 g/mol. The highest BCUT2D eigenvalue weighted by atomic mass is 32.2. The van der Waals surface area contributed by atoms with Gasteiger partial charge in [0.1, 0.15) is 5.82 Å². The number of rotatable bonds is 8. The number of nitrogens with zero attached hydrogens (tertiary/aromatic N) is 1. The Kier molecular flexibility index (Phi) is 7.60. The molecule has 0 aliphatic rings. The highest BCUT2D eigenvalue weighted by molar-refractivity contribution is 8.07. The Morgan fingerprint density at radius 2 is 1.64 bits per heavy atom. The lowest BCUT2D eigenvalue weighted by Gasteiger charge is -2.20. The monoisotopic (exact) mass is 467 g/mol. The van der Waals surface area contributed by atoms with Crippen molar-refractivity contribution in [3.8, 4) is 0 Å². The lowest BCUT2D eigenvalue weighted by atomic mass is 10.2. The summed E-state index contributed by atoms with van der Waals surface area (Å²) < 4.78 is 40.1. The van der Waals surface area contributed by atoms with Crippen molar-refractivity contribution >= 4 is 26.5 Å². The summed E-state index contributed by atoms with van der Waals surface area (Å²) in [6, 6.07) is 21.5. The summed E-state index contributed by atoms with van der Waals surface area (Å²) >= 11 is 0. The first-order valence-electron chi connectivity index (χ1n) is 10.4. The number of halogens is 1. The van der Waals surface area contributed by atoms with Crippen molar-refractivity contribution in [3.05, 3.63) is 101 Å². The molecule has 8 heteroatoms. The normalized spacial score (nSPS) is 12.1. The number of carbonyl (C=O) groups is 1. The number of likely N-dealkylation sites (N-methyl/N-ethyl adjacent to an activating group) is 1. The Hall–Kier alpha value is -3.52. The van der Waals surface area contributed by atoms with Crippen LogP contribution < -0.4 is 5.32 Å². The maximum atomic E-state index is 13.9. The highest BCUT2D eigenvalue weighted by Gasteiger charge is 2.30. The first-order chi connectivity index (χ1) is 15.7. The third kappa shape index (κ3) is 5.84. The molecule has 0 aliphatic carbocycles. The second kappa shape index (κ2) is 10.4. The Morgan fingerprint density at radius 1 is 1.03 bits per heavy atom. The standard InChI is InChI=1S/C25H26FN3O3S/c1-18(20-11-7-4-8-12-20)33(31,32)25(27)22-14-13-21(26)15-23(22)28-16-24(30)29(2)17-19-9-5-3-6-10-19/h3-15,18,27-28H,16-17H2,1-2H3. The SMILES string of the molecule is CC(c1ccccc1)S(=O)(=O)C(=N)c1ccc(F)cc1NCC(=O)N(C)Cc1ccccc1. The van der Waals surface area contributed by atoms with Crippen LogP contribution in [0.4, 0.5) is 10.1 Å². The molecule has 6 nitrogen and oxygen atoms in total. The van der Waals surface area contributed by atoms with Gasteiger partial charge in [-0.1, -0.05) is 60.7 Å². The minimum Gasteiger partial charge on any atom is -0.376 e. The van der Waals surface area contributed by atoms with Crippen molar-refractivity contribution in [2.75, 3.05) is 18.9 Å². The minimum atomic E-state index is -4.05. The first kappa shape index (κ1) is 24.1. The predicted molar refractivity (Wildman–Crippen MR) is 128 cm³/mol. The van der Waals surface area contributed by atoms with Gasteiger partial charge in [0.15, 0.2) is 5.04 Å². The molecule has 3 rings (SSSR count). The van der Waals surface area contributed by atoms with Crippen molar-refractivity contribution in [3.63, 3.8) is 0 Å². The summed E-state index contributed by atoms with van der Waals surface area (Å²) in [4.78, 5) is 14.1. The van der Waals surface area contributed by atoms with Crippen LogP contribution in [0.25, 0.3) is 0 Å². The number of hydrogen-bond acceptors (Lipinski definition) is 5. The van der Waals surface area contributed by atoms with Crippen LogP contribution in [-0.2, 0) is 21.2 Å². The fourth-order valence-corrected chi connectivity index (χ4v) is 4.70. The van der Waals surface area contributed by atoms with Gasteiger partial charge in [-0.2, -0.15) is 0 Å². The number of carbonyl (C=O) groups excluding carboxylic acids is 1. The smallest absolute Gasteiger partial charge is 0.241 e. The van der Waals surface area contributed by atoms with Crippen molar-refractivity contribution < 1.29 is 17.6 Å². The fourth-order valence-electron chi connectivity index (χ4n) is 3.35. The second-order valence-corrected chi connectivity index (χ2v) is 9.91. The Labute approximate surface area is 193 Å². The van der Waals surface area contributed by atoms with Gasteiger partial charge in [0.25, 0.3) is 0 Å². The molecule has 3 aromatic rings. The molecule has 1 unspecified atom stereocenters. The van der Waals surface area contributed by atoms with E-state index >= 15 is 0 Å². The minimum absolute atomic E-state index is 0.0118. The summed E-state index contributed by atoms with van der Waals surface area (Å²) in [6.07, 6.45) is 0. The van der Waals surface area contributed by atoms with Crippen LogP contribution in [0.1, 0.15) is 28.9 Å². The van der Waals surface area contributed by atoms with Gasteiger partial charge < -0.3 is 10.2 Å². The van der Waals surface area contributed by atoms with Gasteiger partial charge >= 0.3 is 0 Å². The van der Waals surface area contributed by atoms with E-state index in [1.807, 2.05) is 30.3 Å². The van der Waals surface area contributed by atoms with Gasteiger partial charge in [-0.3, -0.25) is 10.2 Å². The Morgan fingerprint density at radius 3 is 2.27 bits per heavy atom. The molecule has 0 bridgehead atoms.